The summed E-state index contributed by atoms with van der Waals surface area (Å²) in [5.41, 5.74) is 0. The largest absolute Gasteiger partial charge is 0.480 e. The average molecular weight is 377 g/mol. The van der Waals surface area contributed by atoms with Gasteiger partial charge < -0.3 is 14.7 Å². The molecule has 3 aliphatic rings. The second-order valence-corrected chi connectivity index (χ2v) is 7.75. The Morgan fingerprint density at radius 3 is 2.59 bits per heavy atom. The molecule has 2 aliphatic carbocycles. The summed E-state index contributed by atoms with van der Waals surface area (Å²) < 4.78 is 32.8. The number of carboxylic acid groups (broad SMARTS) is 1. The minimum absolute atomic E-state index is 0.0446. The van der Waals surface area contributed by atoms with E-state index in [1.165, 1.54) is 17.4 Å². The Morgan fingerprint density at radius 1 is 1.26 bits per heavy atom. The molecule has 0 radical (unpaired) electrons. The van der Waals surface area contributed by atoms with E-state index >= 15 is 0 Å². The molecule has 144 valence electrons. The van der Waals surface area contributed by atoms with Crippen molar-refractivity contribution in [2.45, 2.75) is 38.1 Å². The lowest BCUT2D eigenvalue weighted by Gasteiger charge is -2.30. The lowest BCUT2D eigenvalue weighted by atomic mass is 9.84. The molecular weight excluding hydrogens is 356 g/mol. The van der Waals surface area contributed by atoms with E-state index < -0.39 is 35.3 Å². The standard InChI is InChI=1S/C20H21F2NO4/c21-15-2-1-3-16(22)19(15)27-14-9-18(24)23(10-14)17(20(25)26)8-13-7-11-4-5-12(13)6-11/h1-3,9,11-13,17H,4-8,10H2,(H,25,26). The Labute approximate surface area is 155 Å². The van der Waals surface area contributed by atoms with Crippen LogP contribution in [0, 0.1) is 29.4 Å². The van der Waals surface area contributed by atoms with Crippen molar-refractivity contribution in [2.24, 2.45) is 17.8 Å². The molecule has 1 N–H and O–H groups in total. The van der Waals surface area contributed by atoms with Gasteiger partial charge in [0.15, 0.2) is 17.4 Å². The molecule has 0 aromatic heterocycles. The number of nitrogens with zero attached hydrogens (tertiary/aromatic N) is 1. The van der Waals surface area contributed by atoms with Crippen molar-refractivity contribution < 1.29 is 28.2 Å². The van der Waals surface area contributed by atoms with Crippen molar-refractivity contribution in [1.29, 1.82) is 0 Å². The molecule has 7 heteroatoms. The second-order valence-electron chi connectivity index (χ2n) is 7.75. The molecule has 1 heterocycles. The minimum Gasteiger partial charge on any atom is -0.480 e. The van der Waals surface area contributed by atoms with Gasteiger partial charge in [-0.25, -0.2) is 13.6 Å². The van der Waals surface area contributed by atoms with E-state index in [9.17, 15) is 23.5 Å². The van der Waals surface area contributed by atoms with Gasteiger partial charge in [-0.2, -0.15) is 0 Å². The quantitative estimate of drug-likeness (QED) is 0.826. The maximum Gasteiger partial charge on any atom is 0.326 e. The van der Waals surface area contributed by atoms with Crippen molar-refractivity contribution in [1.82, 2.24) is 4.90 Å². The van der Waals surface area contributed by atoms with Crippen molar-refractivity contribution in [3.8, 4) is 5.75 Å². The number of amides is 1. The SMILES string of the molecule is O=C(O)C(CC1CC2CCC1C2)N1CC(Oc2c(F)cccc2F)=CC1=O. The number of carbonyl (C=O) groups excluding carboxylic acids is 1. The van der Waals surface area contributed by atoms with Gasteiger partial charge in [0.25, 0.3) is 5.91 Å². The van der Waals surface area contributed by atoms with E-state index in [0.717, 1.165) is 37.5 Å². The first-order valence-corrected chi connectivity index (χ1v) is 9.28. The summed E-state index contributed by atoms with van der Waals surface area (Å²) in [7, 11) is 0. The van der Waals surface area contributed by atoms with Gasteiger partial charge in [-0.05, 0) is 55.6 Å². The summed E-state index contributed by atoms with van der Waals surface area (Å²) in [4.78, 5) is 25.4. The van der Waals surface area contributed by atoms with Crippen molar-refractivity contribution in [3.05, 3.63) is 41.7 Å². The van der Waals surface area contributed by atoms with Crippen molar-refractivity contribution >= 4 is 11.9 Å². The highest BCUT2D eigenvalue weighted by atomic mass is 19.1. The Balaban J connectivity index is 1.46. The molecule has 1 aromatic rings. The van der Waals surface area contributed by atoms with Crippen LogP contribution in [-0.2, 0) is 9.59 Å². The van der Waals surface area contributed by atoms with Crippen LogP contribution in [0.5, 0.6) is 5.75 Å². The van der Waals surface area contributed by atoms with Gasteiger partial charge in [0.05, 0.1) is 6.54 Å². The first-order valence-electron chi connectivity index (χ1n) is 9.28. The summed E-state index contributed by atoms with van der Waals surface area (Å²) >= 11 is 0. The maximum atomic E-state index is 13.8. The minimum atomic E-state index is -1.06. The van der Waals surface area contributed by atoms with Crippen LogP contribution in [0.25, 0.3) is 0 Å². The van der Waals surface area contributed by atoms with E-state index in [-0.39, 0.29) is 12.3 Å². The van der Waals surface area contributed by atoms with Crippen LogP contribution >= 0.6 is 0 Å². The summed E-state index contributed by atoms with van der Waals surface area (Å²) in [6.45, 7) is -0.107. The van der Waals surface area contributed by atoms with E-state index in [2.05, 4.69) is 0 Å². The number of rotatable bonds is 6. The summed E-state index contributed by atoms with van der Waals surface area (Å²) in [5.74, 6) is -2.31. The molecule has 2 bridgehead atoms. The number of hydrogen-bond donors (Lipinski definition) is 1. The highest BCUT2D eigenvalue weighted by Crippen LogP contribution is 2.50. The first kappa shape index (κ1) is 17.9. The van der Waals surface area contributed by atoms with Gasteiger partial charge in [0.1, 0.15) is 11.8 Å². The van der Waals surface area contributed by atoms with Gasteiger partial charge in [-0.1, -0.05) is 12.5 Å². The monoisotopic (exact) mass is 377 g/mol. The molecule has 4 unspecified atom stereocenters. The zero-order valence-corrected chi connectivity index (χ0v) is 14.7. The molecule has 1 aromatic carbocycles. The number of para-hydroxylation sites is 1. The van der Waals surface area contributed by atoms with E-state index in [0.29, 0.717) is 24.2 Å². The van der Waals surface area contributed by atoms with Crippen LogP contribution in [-0.4, -0.2) is 34.5 Å². The molecule has 27 heavy (non-hydrogen) atoms. The molecular formula is C20H21F2NO4. The van der Waals surface area contributed by atoms with Crippen LogP contribution < -0.4 is 4.74 Å². The number of aliphatic carboxylic acids is 1. The fraction of sp³-hybridized carbons (Fsp3) is 0.500. The maximum absolute atomic E-state index is 13.8. The zero-order valence-electron chi connectivity index (χ0n) is 14.7. The second kappa shape index (κ2) is 6.94. The fourth-order valence-electron chi connectivity index (χ4n) is 4.86. The number of carboxylic acids is 1. The molecule has 2 fully saturated rings. The van der Waals surface area contributed by atoms with Crippen molar-refractivity contribution in [3.63, 3.8) is 0 Å². The van der Waals surface area contributed by atoms with Gasteiger partial charge in [0.2, 0.25) is 0 Å². The number of benzene rings is 1. The van der Waals surface area contributed by atoms with Crippen LogP contribution in [0.15, 0.2) is 30.0 Å². The molecule has 2 saturated carbocycles. The first-order chi connectivity index (χ1) is 12.9. The number of ether oxygens (including phenoxy) is 1. The lowest BCUT2D eigenvalue weighted by molar-refractivity contribution is -0.148. The predicted octanol–water partition coefficient (Wildman–Crippen LogP) is 3.35. The molecule has 4 rings (SSSR count). The molecule has 5 nitrogen and oxygen atoms in total. The number of halogens is 2. The topological polar surface area (TPSA) is 66.8 Å². The number of hydrogen-bond acceptors (Lipinski definition) is 3. The Bertz CT molecular complexity index is 789. The highest BCUT2D eigenvalue weighted by molar-refractivity contribution is 5.94. The zero-order chi connectivity index (χ0) is 19.1. The third-order valence-corrected chi connectivity index (χ3v) is 6.12. The van der Waals surface area contributed by atoms with Gasteiger partial charge in [-0.3, -0.25) is 4.79 Å². The normalized spacial score (nSPS) is 27.8. The van der Waals surface area contributed by atoms with Gasteiger partial charge >= 0.3 is 5.97 Å². The fourth-order valence-corrected chi connectivity index (χ4v) is 4.86. The van der Waals surface area contributed by atoms with Crippen LogP contribution in [0.1, 0.15) is 32.1 Å². The van der Waals surface area contributed by atoms with Crippen LogP contribution in [0.4, 0.5) is 8.78 Å². The smallest absolute Gasteiger partial charge is 0.326 e. The van der Waals surface area contributed by atoms with Gasteiger partial charge in [-0.15, -0.1) is 0 Å². The molecule has 1 amide bonds. The Kier molecular flexibility index (Phi) is 4.61. The summed E-state index contributed by atoms with van der Waals surface area (Å²) in [6.07, 6.45) is 6.06. The summed E-state index contributed by atoms with van der Waals surface area (Å²) in [6, 6.07) is 2.38. The van der Waals surface area contributed by atoms with Gasteiger partial charge in [0, 0.05) is 6.08 Å². The Hall–Kier alpha value is -2.44. The predicted molar refractivity (Wildman–Crippen MR) is 91.8 cm³/mol. The van der Waals surface area contributed by atoms with E-state index in [4.69, 9.17) is 4.74 Å². The average Bonchev–Trinajstić information content (AvgIpc) is 3.31. The lowest BCUT2D eigenvalue weighted by Crippen LogP contribution is -2.44. The van der Waals surface area contributed by atoms with Crippen LogP contribution in [0.2, 0.25) is 0 Å². The molecule has 0 saturated heterocycles. The molecule has 4 atom stereocenters. The number of carbonyl (C=O) groups is 2. The van der Waals surface area contributed by atoms with E-state index in [1.54, 1.807) is 0 Å². The third kappa shape index (κ3) is 3.42. The number of fused-ring (bicyclic) bond motifs is 2. The van der Waals surface area contributed by atoms with E-state index in [1.807, 2.05) is 0 Å². The Morgan fingerprint density at radius 2 is 2.00 bits per heavy atom. The third-order valence-electron chi connectivity index (χ3n) is 6.12. The van der Waals surface area contributed by atoms with Crippen molar-refractivity contribution in [2.75, 3.05) is 6.54 Å². The van der Waals surface area contributed by atoms with Crippen LogP contribution in [0.3, 0.4) is 0 Å². The molecule has 0 spiro atoms. The molecule has 1 aliphatic heterocycles. The summed E-state index contributed by atoms with van der Waals surface area (Å²) in [5, 5.41) is 9.67. The highest BCUT2D eigenvalue weighted by Gasteiger charge is 2.43.